The molecule has 1 aromatic rings. The molecule has 22 heavy (non-hydrogen) atoms. The van der Waals surface area contributed by atoms with E-state index in [4.69, 9.17) is 14.2 Å². The lowest BCUT2D eigenvalue weighted by Crippen LogP contribution is -2.25. The molecule has 0 aromatic heterocycles. The summed E-state index contributed by atoms with van der Waals surface area (Å²) >= 11 is 0. The smallest absolute Gasteiger partial charge is 0.255 e. The van der Waals surface area contributed by atoms with Gasteiger partial charge in [0.25, 0.3) is 5.91 Å². The van der Waals surface area contributed by atoms with E-state index < -0.39 is 0 Å². The van der Waals surface area contributed by atoms with Crippen molar-refractivity contribution in [2.75, 3.05) is 21.3 Å². The van der Waals surface area contributed by atoms with E-state index in [1.807, 2.05) is 0 Å². The normalized spacial score (nSPS) is 14.1. The lowest BCUT2D eigenvalue weighted by atomic mass is 10.0. The number of hydrogen-bond donors (Lipinski definition) is 1. The third-order valence-corrected chi connectivity index (χ3v) is 3.41. The summed E-state index contributed by atoms with van der Waals surface area (Å²) < 4.78 is 15.7. The van der Waals surface area contributed by atoms with Crippen LogP contribution in [-0.4, -0.2) is 33.0 Å². The highest BCUT2D eigenvalue weighted by Gasteiger charge is 2.18. The number of methoxy groups -OCH3 is 3. The molecule has 0 bridgehead atoms. The Hall–Kier alpha value is -2.50. The van der Waals surface area contributed by atoms with Crippen LogP contribution in [0.5, 0.6) is 17.2 Å². The number of ketones is 1. The van der Waals surface area contributed by atoms with Crippen LogP contribution in [0.15, 0.2) is 23.9 Å². The maximum Gasteiger partial charge on any atom is 0.255 e. The maximum atomic E-state index is 12.3. The summed E-state index contributed by atoms with van der Waals surface area (Å²) in [6.45, 7) is 0. The Morgan fingerprint density at radius 3 is 2.18 bits per heavy atom. The average molecular weight is 305 g/mol. The minimum atomic E-state index is -0.319. The van der Waals surface area contributed by atoms with E-state index in [9.17, 15) is 9.59 Å². The zero-order chi connectivity index (χ0) is 16.1. The molecule has 6 nitrogen and oxygen atoms in total. The number of hydrogen-bond acceptors (Lipinski definition) is 5. The van der Waals surface area contributed by atoms with Crippen molar-refractivity contribution in [3.05, 3.63) is 29.5 Å². The Morgan fingerprint density at radius 1 is 1.05 bits per heavy atom. The van der Waals surface area contributed by atoms with Gasteiger partial charge < -0.3 is 19.5 Å². The van der Waals surface area contributed by atoms with Gasteiger partial charge in [0.1, 0.15) is 0 Å². The van der Waals surface area contributed by atoms with E-state index in [1.165, 1.54) is 27.4 Å². The van der Waals surface area contributed by atoms with Gasteiger partial charge in [-0.2, -0.15) is 0 Å². The summed E-state index contributed by atoms with van der Waals surface area (Å²) in [6.07, 6.45) is 3.45. The van der Waals surface area contributed by atoms with Gasteiger partial charge in [-0.3, -0.25) is 9.59 Å². The van der Waals surface area contributed by atoms with Gasteiger partial charge >= 0.3 is 0 Å². The third kappa shape index (κ3) is 3.39. The fraction of sp³-hybridized carbons (Fsp3) is 0.375. The third-order valence-electron chi connectivity index (χ3n) is 3.41. The molecule has 0 radical (unpaired) electrons. The quantitative estimate of drug-likeness (QED) is 0.901. The summed E-state index contributed by atoms with van der Waals surface area (Å²) in [5, 5.41) is 2.76. The van der Waals surface area contributed by atoms with Crippen LogP contribution in [0.3, 0.4) is 0 Å². The first-order chi connectivity index (χ1) is 10.6. The largest absolute Gasteiger partial charge is 0.493 e. The van der Waals surface area contributed by atoms with Crippen LogP contribution >= 0.6 is 0 Å². The first kappa shape index (κ1) is 15.9. The Morgan fingerprint density at radius 2 is 1.68 bits per heavy atom. The van der Waals surface area contributed by atoms with Gasteiger partial charge in [0.15, 0.2) is 17.3 Å². The number of amides is 1. The van der Waals surface area contributed by atoms with Crippen molar-refractivity contribution in [3.63, 3.8) is 0 Å². The summed E-state index contributed by atoms with van der Waals surface area (Å²) in [5.41, 5.74) is 1.00. The number of nitrogens with one attached hydrogen (secondary N) is 1. The molecule has 0 saturated heterocycles. The average Bonchev–Trinajstić information content (AvgIpc) is 2.53. The van der Waals surface area contributed by atoms with Crippen LogP contribution in [-0.2, 0) is 4.79 Å². The molecule has 118 valence electrons. The Kier molecular flexibility index (Phi) is 5.04. The summed E-state index contributed by atoms with van der Waals surface area (Å²) in [7, 11) is 4.47. The van der Waals surface area contributed by atoms with Crippen molar-refractivity contribution in [2.24, 2.45) is 0 Å². The van der Waals surface area contributed by atoms with Gasteiger partial charge in [-0.25, -0.2) is 0 Å². The van der Waals surface area contributed by atoms with Crippen LogP contribution in [0, 0.1) is 0 Å². The summed E-state index contributed by atoms with van der Waals surface area (Å²) in [4.78, 5) is 23.7. The molecule has 0 saturated carbocycles. The van der Waals surface area contributed by atoms with E-state index in [2.05, 4.69) is 5.32 Å². The summed E-state index contributed by atoms with van der Waals surface area (Å²) in [6, 6.07) is 3.14. The molecule has 6 heteroatoms. The fourth-order valence-corrected chi connectivity index (χ4v) is 2.32. The molecule has 1 aliphatic carbocycles. The predicted octanol–water partition coefficient (Wildman–Crippen LogP) is 2.08. The first-order valence-corrected chi connectivity index (χ1v) is 6.93. The standard InChI is InChI=1S/C16H19NO5/c1-20-13-7-10(8-14(21-2)15(13)22-3)16(19)17-11-5-4-6-12(18)9-11/h7-9H,4-6H2,1-3H3,(H,17,19). The van der Waals surface area contributed by atoms with E-state index in [-0.39, 0.29) is 11.7 Å². The molecule has 1 aromatic carbocycles. The highest BCUT2D eigenvalue weighted by atomic mass is 16.5. The Balaban J connectivity index is 2.28. The van der Waals surface area contributed by atoms with Crippen LogP contribution in [0.4, 0.5) is 0 Å². The molecule has 2 rings (SSSR count). The van der Waals surface area contributed by atoms with Gasteiger partial charge in [-0.05, 0) is 25.0 Å². The number of benzene rings is 1. The highest BCUT2D eigenvalue weighted by Crippen LogP contribution is 2.38. The number of ether oxygens (including phenoxy) is 3. The molecule has 1 N–H and O–H groups in total. The van der Waals surface area contributed by atoms with Gasteiger partial charge in [0, 0.05) is 23.8 Å². The molecular weight excluding hydrogens is 286 g/mol. The lowest BCUT2D eigenvalue weighted by molar-refractivity contribution is -0.115. The second kappa shape index (κ2) is 6.98. The highest BCUT2D eigenvalue weighted by molar-refractivity contribution is 5.98. The second-order valence-electron chi connectivity index (χ2n) is 4.86. The van der Waals surface area contributed by atoms with Crippen molar-refractivity contribution in [1.29, 1.82) is 0 Å². The molecule has 0 atom stereocenters. The number of carbonyl (C=O) groups excluding carboxylic acids is 2. The number of rotatable bonds is 5. The van der Waals surface area contributed by atoms with Crippen LogP contribution in [0.2, 0.25) is 0 Å². The molecule has 0 fully saturated rings. The molecule has 0 heterocycles. The Bertz CT molecular complexity index is 596. The van der Waals surface area contributed by atoms with Gasteiger partial charge in [0.2, 0.25) is 5.75 Å². The van der Waals surface area contributed by atoms with Crippen molar-refractivity contribution >= 4 is 11.7 Å². The topological polar surface area (TPSA) is 73.9 Å². The maximum absolute atomic E-state index is 12.3. The SMILES string of the molecule is COc1cc(C(=O)NC2=CC(=O)CCC2)cc(OC)c1OC. The molecule has 0 unspecified atom stereocenters. The zero-order valence-electron chi connectivity index (χ0n) is 12.9. The molecule has 0 spiro atoms. The number of allylic oxidation sites excluding steroid dienone is 2. The van der Waals surface area contributed by atoms with Crippen LogP contribution < -0.4 is 19.5 Å². The fourth-order valence-electron chi connectivity index (χ4n) is 2.32. The van der Waals surface area contributed by atoms with Crippen molar-refractivity contribution < 1.29 is 23.8 Å². The van der Waals surface area contributed by atoms with Crippen molar-refractivity contribution in [1.82, 2.24) is 5.32 Å². The second-order valence-corrected chi connectivity index (χ2v) is 4.86. The lowest BCUT2D eigenvalue weighted by Gasteiger charge is -2.16. The molecular formula is C16H19NO5. The van der Waals surface area contributed by atoms with E-state index in [0.717, 1.165) is 6.42 Å². The van der Waals surface area contributed by atoms with Crippen LogP contribution in [0.25, 0.3) is 0 Å². The predicted molar refractivity (Wildman–Crippen MR) is 80.5 cm³/mol. The van der Waals surface area contributed by atoms with Gasteiger partial charge in [-0.15, -0.1) is 0 Å². The minimum Gasteiger partial charge on any atom is -0.493 e. The van der Waals surface area contributed by atoms with Gasteiger partial charge in [-0.1, -0.05) is 0 Å². The first-order valence-electron chi connectivity index (χ1n) is 6.93. The molecule has 1 amide bonds. The minimum absolute atomic E-state index is 0.0337. The monoisotopic (exact) mass is 305 g/mol. The summed E-state index contributed by atoms with van der Waals surface area (Å²) in [5.74, 6) is 0.946. The van der Waals surface area contributed by atoms with Crippen molar-refractivity contribution in [2.45, 2.75) is 19.3 Å². The van der Waals surface area contributed by atoms with E-state index in [1.54, 1.807) is 12.1 Å². The van der Waals surface area contributed by atoms with E-state index in [0.29, 0.717) is 41.4 Å². The van der Waals surface area contributed by atoms with Crippen LogP contribution in [0.1, 0.15) is 29.6 Å². The number of carbonyl (C=O) groups is 2. The van der Waals surface area contributed by atoms with E-state index >= 15 is 0 Å². The van der Waals surface area contributed by atoms with Crippen molar-refractivity contribution in [3.8, 4) is 17.2 Å². The van der Waals surface area contributed by atoms with Gasteiger partial charge in [0.05, 0.1) is 21.3 Å². The molecule has 0 aliphatic heterocycles. The molecule has 1 aliphatic rings. The zero-order valence-corrected chi connectivity index (χ0v) is 12.9. The Labute approximate surface area is 129 Å².